The molecule has 98 valence electrons. The van der Waals surface area contributed by atoms with Crippen molar-refractivity contribution in [3.05, 3.63) is 47.0 Å². The van der Waals surface area contributed by atoms with Crippen LogP contribution in [0.25, 0.3) is 11.1 Å². The highest BCUT2D eigenvalue weighted by Crippen LogP contribution is 2.28. The summed E-state index contributed by atoms with van der Waals surface area (Å²) in [5.41, 5.74) is 0.642. The molecule has 0 spiro atoms. The van der Waals surface area contributed by atoms with Crippen molar-refractivity contribution < 1.29 is 19.0 Å². The topological polar surface area (TPSA) is 59.4 Å². The van der Waals surface area contributed by atoms with Crippen LogP contribution in [0.2, 0.25) is 5.15 Å². The van der Waals surface area contributed by atoms with E-state index in [-0.39, 0.29) is 16.5 Å². The lowest BCUT2D eigenvalue weighted by Crippen LogP contribution is -2.01. The molecule has 0 radical (unpaired) electrons. The maximum Gasteiger partial charge on any atom is 0.336 e. The summed E-state index contributed by atoms with van der Waals surface area (Å²) in [7, 11) is 1.35. The van der Waals surface area contributed by atoms with E-state index in [0.29, 0.717) is 11.1 Å². The minimum atomic E-state index is -1.16. The SMILES string of the molecule is COc1ccc(-c2cnc(Cl)cc2C(=O)O)cc1F. The first-order valence-electron chi connectivity index (χ1n) is 5.25. The van der Waals surface area contributed by atoms with Crippen LogP contribution in [-0.2, 0) is 0 Å². The lowest BCUT2D eigenvalue weighted by molar-refractivity contribution is 0.0697. The average molecular weight is 282 g/mol. The monoisotopic (exact) mass is 281 g/mol. The van der Waals surface area contributed by atoms with Gasteiger partial charge in [-0.2, -0.15) is 0 Å². The van der Waals surface area contributed by atoms with E-state index in [1.54, 1.807) is 6.07 Å². The smallest absolute Gasteiger partial charge is 0.336 e. The van der Waals surface area contributed by atoms with Crippen LogP contribution in [0.4, 0.5) is 4.39 Å². The van der Waals surface area contributed by atoms with Crippen molar-refractivity contribution >= 4 is 17.6 Å². The first kappa shape index (κ1) is 13.3. The largest absolute Gasteiger partial charge is 0.494 e. The van der Waals surface area contributed by atoms with E-state index in [1.165, 1.54) is 31.5 Å². The molecule has 0 fully saturated rings. The van der Waals surface area contributed by atoms with Crippen molar-refractivity contribution in [3.63, 3.8) is 0 Å². The molecule has 0 aliphatic rings. The van der Waals surface area contributed by atoms with E-state index in [9.17, 15) is 9.18 Å². The lowest BCUT2D eigenvalue weighted by Gasteiger charge is -2.08. The summed E-state index contributed by atoms with van der Waals surface area (Å²) in [6.07, 6.45) is 1.30. The second-order valence-corrected chi connectivity index (χ2v) is 4.09. The number of pyridine rings is 1. The highest BCUT2D eigenvalue weighted by atomic mass is 35.5. The zero-order chi connectivity index (χ0) is 14.0. The predicted molar refractivity (Wildman–Crippen MR) is 68.2 cm³/mol. The fourth-order valence-corrected chi connectivity index (χ4v) is 1.83. The van der Waals surface area contributed by atoms with Crippen molar-refractivity contribution in [2.75, 3.05) is 7.11 Å². The molecule has 1 N–H and O–H groups in total. The van der Waals surface area contributed by atoms with Gasteiger partial charge in [0.1, 0.15) is 5.15 Å². The Morgan fingerprint density at radius 1 is 1.42 bits per heavy atom. The summed E-state index contributed by atoms with van der Waals surface area (Å²) >= 11 is 5.66. The van der Waals surface area contributed by atoms with Crippen LogP contribution in [0.1, 0.15) is 10.4 Å². The van der Waals surface area contributed by atoms with Gasteiger partial charge in [0.15, 0.2) is 11.6 Å². The van der Waals surface area contributed by atoms with Gasteiger partial charge in [0.05, 0.1) is 12.7 Å². The average Bonchev–Trinajstić information content (AvgIpc) is 2.38. The Labute approximate surface area is 113 Å². The molecule has 19 heavy (non-hydrogen) atoms. The quantitative estimate of drug-likeness (QED) is 0.878. The van der Waals surface area contributed by atoms with Crippen LogP contribution in [0.5, 0.6) is 5.75 Å². The number of nitrogens with zero attached hydrogens (tertiary/aromatic N) is 1. The van der Waals surface area contributed by atoms with Crippen LogP contribution in [0.3, 0.4) is 0 Å². The van der Waals surface area contributed by atoms with Gasteiger partial charge in [0, 0.05) is 11.8 Å². The molecule has 0 aliphatic heterocycles. The molecule has 2 aromatic rings. The highest BCUT2D eigenvalue weighted by molar-refractivity contribution is 6.29. The zero-order valence-corrected chi connectivity index (χ0v) is 10.6. The molecule has 4 nitrogen and oxygen atoms in total. The molecule has 0 bridgehead atoms. The van der Waals surface area contributed by atoms with Gasteiger partial charge < -0.3 is 9.84 Å². The van der Waals surface area contributed by atoms with Gasteiger partial charge in [-0.1, -0.05) is 17.7 Å². The number of aromatic nitrogens is 1. The van der Waals surface area contributed by atoms with Gasteiger partial charge in [-0.25, -0.2) is 14.2 Å². The third kappa shape index (κ3) is 2.66. The number of rotatable bonds is 3. The fourth-order valence-electron chi connectivity index (χ4n) is 1.67. The molecule has 2 rings (SSSR count). The second kappa shape index (κ2) is 5.24. The minimum Gasteiger partial charge on any atom is -0.494 e. The molecule has 1 aromatic heterocycles. The Balaban J connectivity index is 2.58. The molecule has 0 saturated carbocycles. The maximum absolute atomic E-state index is 13.6. The predicted octanol–water partition coefficient (Wildman–Crippen LogP) is 3.25. The van der Waals surface area contributed by atoms with Crippen LogP contribution < -0.4 is 4.74 Å². The number of halogens is 2. The summed E-state index contributed by atoms with van der Waals surface area (Å²) in [5, 5.41) is 9.18. The molecule has 1 aromatic carbocycles. The Hall–Kier alpha value is -2.14. The standard InChI is InChI=1S/C13H9ClFNO3/c1-19-11-3-2-7(4-10(11)15)9-6-16-12(14)5-8(9)13(17)18/h2-6H,1H3,(H,17,18). The Bertz CT molecular complexity index is 646. The van der Waals surface area contributed by atoms with Crippen LogP contribution in [-0.4, -0.2) is 23.2 Å². The summed E-state index contributed by atoms with van der Waals surface area (Å²) < 4.78 is 18.4. The number of carboxylic acids is 1. The zero-order valence-electron chi connectivity index (χ0n) is 9.85. The van der Waals surface area contributed by atoms with E-state index < -0.39 is 11.8 Å². The molecular formula is C13H9ClFNO3. The summed E-state index contributed by atoms with van der Waals surface area (Å²) in [4.78, 5) is 15.0. The van der Waals surface area contributed by atoms with E-state index in [1.807, 2.05) is 0 Å². The van der Waals surface area contributed by atoms with Crippen molar-refractivity contribution in [3.8, 4) is 16.9 Å². The molecule has 1 heterocycles. The van der Waals surface area contributed by atoms with Crippen LogP contribution in [0, 0.1) is 5.82 Å². The number of ether oxygens (including phenoxy) is 1. The van der Waals surface area contributed by atoms with Crippen LogP contribution >= 0.6 is 11.6 Å². The molecule has 0 unspecified atom stereocenters. The molecule has 6 heteroatoms. The van der Waals surface area contributed by atoms with Gasteiger partial charge in [-0.15, -0.1) is 0 Å². The molecule has 0 atom stereocenters. The number of hydrogen-bond acceptors (Lipinski definition) is 3. The normalized spacial score (nSPS) is 10.3. The van der Waals surface area contributed by atoms with Crippen molar-refractivity contribution in [2.45, 2.75) is 0 Å². The van der Waals surface area contributed by atoms with Crippen LogP contribution in [0.15, 0.2) is 30.5 Å². The minimum absolute atomic E-state index is 0.0374. The summed E-state index contributed by atoms with van der Waals surface area (Å²) in [6.45, 7) is 0. The number of carbonyl (C=O) groups is 1. The highest BCUT2D eigenvalue weighted by Gasteiger charge is 2.14. The van der Waals surface area contributed by atoms with Gasteiger partial charge in [0.25, 0.3) is 0 Å². The first-order valence-corrected chi connectivity index (χ1v) is 5.63. The van der Waals surface area contributed by atoms with E-state index >= 15 is 0 Å². The van der Waals surface area contributed by atoms with Crippen molar-refractivity contribution in [1.82, 2.24) is 4.98 Å². The number of hydrogen-bond donors (Lipinski definition) is 1. The Morgan fingerprint density at radius 2 is 2.16 bits per heavy atom. The fraction of sp³-hybridized carbons (Fsp3) is 0.0769. The second-order valence-electron chi connectivity index (χ2n) is 3.71. The van der Waals surface area contributed by atoms with Crippen molar-refractivity contribution in [2.24, 2.45) is 0 Å². The molecule has 0 aliphatic carbocycles. The van der Waals surface area contributed by atoms with Crippen molar-refractivity contribution in [1.29, 1.82) is 0 Å². The summed E-state index contributed by atoms with van der Waals surface area (Å²) in [6, 6.07) is 5.39. The first-order chi connectivity index (χ1) is 9.02. The number of methoxy groups -OCH3 is 1. The van der Waals surface area contributed by atoms with Gasteiger partial charge in [0.2, 0.25) is 0 Å². The number of aromatic carboxylic acids is 1. The molecule has 0 amide bonds. The lowest BCUT2D eigenvalue weighted by atomic mass is 10.0. The third-order valence-electron chi connectivity index (χ3n) is 2.56. The van der Waals surface area contributed by atoms with Gasteiger partial charge in [-0.3, -0.25) is 0 Å². The number of benzene rings is 1. The number of carboxylic acid groups (broad SMARTS) is 1. The Kier molecular flexibility index (Phi) is 3.66. The summed E-state index contributed by atoms with van der Waals surface area (Å²) in [5.74, 6) is -1.65. The molecule has 0 saturated heterocycles. The van der Waals surface area contributed by atoms with E-state index in [4.69, 9.17) is 21.4 Å². The molecular weight excluding hydrogens is 273 g/mol. The van der Waals surface area contributed by atoms with E-state index in [0.717, 1.165) is 0 Å². The third-order valence-corrected chi connectivity index (χ3v) is 2.77. The van der Waals surface area contributed by atoms with Gasteiger partial charge in [-0.05, 0) is 23.8 Å². The van der Waals surface area contributed by atoms with Gasteiger partial charge >= 0.3 is 5.97 Å². The maximum atomic E-state index is 13.6. The Morgan fingerprint density at radius 3 is 2.74 bits per heavy atom. The van der Waals surface area contributed by atoms with E-state index in [2.05, 4.69) is 4.98 Å².